The number of rotatable bonds is 9. The second-order valence-electron chi connectivity index (χ2n) is 7.42. The zero-order valence-corrected chi connectivity index (χ0v) is 18.8. The number of ether oxygens (including phenoxy) is 2. The van der Waals surface area contributed by atoms with Crippen molar-refractivity contribution in [2.45, 2.75) is 25.7 Å². The van der Waals surface area contributed by atoms with E-state index in [0.717, 1.165) is 54.9 Å². The summed E-state index contributed by atoms with van der Waals surface area (Å²) in [4.78, 5) is 15.1. The molecule has 29 heavy (non-hydrogen) atoms. The fourth-order valence-corrected chi connectivity index (χ4v) is 4.09. The molecule has 1 unspecified atom stereocenters. The van der Waals surface area contributed by atoms with Crippen LogP contribution in [-0.2, 0) is 12.8 Å². The van der Waals surface area contributed by atoms with E-state index in [1.165, 1.54) is 5.56 Å². The zero-order chi connectivity index (χ0) is 20.1. The van der Waals surface area contributed by atoms with Crippen molar-refractivity contribution < 1.29 is 14.3 Å². The molecule has 1 aliphatic rings. The van der Waals surface area contributed by atoms with Gasteiger partial charge in [0, 0.05) is 23.0 Å². The highest BCUT2D eigenvalue weighted by atomic mass is 35.5. The quantitative estimate of drug-likeness (QED) is 0.547. The largest absolute Gasteiger partial charge is 0.493 e. The van der Waals surface area contributed by atoms with Gasteiger partial charge in [-0.15, -0.1) is 12.4 Å². The van der Waals surface area contributed by atoms with Crippen LogP contribution >= 0.6 is 24.0 Å². The van der Waals surface area contributed by atoms with Crippen LogP contribution in [0.2, 0.25) is 5.02 Å². The van der Waals surface area contributed by atoms with E-state index < -0.39 is 0 Å². The number of hydrogen-bond acceptors (Lipinski definition) is 4. The molecule has 0 N–H and O–H groups in total. The topological polar surface area (TPSA) is 38.8 Å². The number of carbonyl (C=O) groups is 1. The lowest BCUT2D eigenvalue weighted by Crippen LogP contribution is -2.23. The van der Waals surface area contributed by atoms with E-state index >= 15 is 0 Å². The number of likely N-dealkylation sites (N-methyl/N-ethyl adjacent to an activating group) is 1. The molecule has 3 rings (SSSR count). The Hall–Kier alpha value is -1.75. The van der Waals surface area contributed by atoms with Gasteiger partial charge in [-0.1, -0.05) is 29.8 Å². The summed E-state index contributed by atoms with van der Waals surface area (Å²) < 4.78 is 10.7. The molecule has 158 valence electrons. The van der Waals surface area contributed by atoms with Crippen LogP contribution in [0.4, 0.5) is 0 Å². The lowest BCUT2D eigenvalue weighted by atomic mass is 9.99. The minimum absolute atomic E-state index is 0. The van der Waals surface area contributed by atoms with Gasteiger partial charge >= 0.3 is 0 Å². The van der Waals surface area contributed by atoms with Gasteiger partial charge in [-0.25, -0.2) is 0 Å². The molecule has 0 spiro atoms. The Kier molecular flexibility index (Phi) is 8.81. The van der Waals surface area contributed by atoms with Crippen LogP contribution in [0.5, 0.6) is 11.5 Å². The Morgan fingerprint density at radius 1 is 1.10 bits per heavy atom. The normalized spacial score (nSPS) is 15.2. The lowest BCUT2D eigenvalue weighted by Gasteiger charge is -2.18. The fourth-order valence-electron chi connectivity index (χ4n) is 3.86. The third-order valence-electron chi connectivity index (χ3n) is 5.53. The van der Waals surface area contributed by atoms with Crippen molar-refractivity contribution >= 4 is 29.8 Å². The first-order chi connectivity index (χ1) is 13.5. The van der Waals surface area contributed by atoms with E-state index in [1.54, 1.807) is 14.2 Å². The SMILES string of the molecule is COc1cc2c(cc1OC)C(=O)C(CCCN(C)CCc1ccccc1Cl)C2.Cl. The lowest BCUT2D eigenvalue weighted by molar-refractivity contribution is 0.0927. The first-order valence-electron chi connectivity index (χ1n) is 9.74. The van der Waals surface area contributed by atoms with Crippen LogP contribution in [0.15, 0.2) is 36.4 Å². The number of nitrogens with zero attached hydrogens (tertiary/aromatic N) is 1. The molecule has 0 heterocycles. The molecule has 0 fully saturated rings. The van der Waals surface area contributed by atoms with Crippen LogP contribution in [0, 0.1) is 5.92 Å². The Morgan fingerprint density at radius 3 is 2.48 bits per heavy atom. The number of benzene rings is 2. The predicted octanol–water partition coefficient (Wildman–Crippen LogP) is 5.09. The summed E-state index contributed by atoms with van der Waals surface area (Å²) in [6, 6.07) is 11.8. The molecule has 0 aromatic heterocycles. The predicted molar refractivity (Wildman–Crippen MR) is 120 cm³/mol. The van der Waals surface area contributed by atoms with Gasteiger partial charge < -0.3 is 14.4 Å². The molecule has 6 heteroatoms. The number of methoxy groups -OCH3 is 2. The van der Waals surface area contributed by atoms with Gasteiger partial charge in [-0.3, -0.25) is 4.79 Å². The van der Waals surface area contributed by atoms with Crippen molar-refractivity contribution in [1.82, 2.24) is 4.90 Å². The maximum atomic E-state index is 12.8. The van der Waals surface area contributed by atoms with Gasteiger partial charge in [0.25, 0.3) is 0 Å². The van der Waals surface area contributed by atoms with Crippen molar-refractivity contribution in [1.29, 1.82) is 0 Å². The standard InChI is InChI=1S/C23H28ClNO3.ClH/c1-25(12-10-16-7-4-5-9-20(16)24)11-6-8-17-13-18-14-21(27-2)22(28-3)15-19(18)23(17)26;/h4-5,7,9,14-15,17H,6,8,10-13H2,1-3H3;1H. The molecule has 1 aliphatic carbocycles. The van der Waals surface area contributed by atoms with Crippen molar-refractivity contribution in [2.24, 2.45) is 5.92 Å². The number of halogens is 2. The molecule has 0 saturated carbocycles. The Morgan fingerprint density at radius 2 is 1.79 bits per heavy atom. The summed E-state index contributed by atoms with van der Waals surface area (Å²) in [6.45, 7) is 1.92. The summed E-state index contributed by atoms with van der Waals surface area (Å²) in [6.07, 6.45) is 3.62. The monoisotopic (exact) mass is 437 g/mol. The average Bonchev–Trinajstić information content (AvgIpc) is 3.01. The highest BCUT2D eigenvalue weighted by molar-refractivity contribution is 6.31. The minimum atomic E-state index is 0. The maximum Gasteiger partial charge on any atom is 0.166 e. The molecule has 0 bridgehead atoms. The minimum Gasteiger partial charge on any atom is -0.493 e. The van der Waals surface area contributed by atoms with E-state index in [4.69, 9.17) is 21.1 Å². The van der Waals surface area contributed by atoms with Gasteiger partial charge in [-0.05, 0) is 68.6 Å². The number of carbonyl (C=O) groups excluding carboxylic acids is 1. The van der Waals surface area contributed by atoms with Crippen molar-refractivity contribution in [3.05, 3.63) is 58.1 Å². The first kappa shape index (κ1) is 23.5. The summed E-state index contributed by atoms with van der Waals surface area (Å²) in [5.74, 6) is 1.60. The Bertz CT molecular complexity index is 841. The van der Waals surface area contributed by atoms with E-state index in [2.05, 4.69) is 18.0 Å². The second-order valence-corrected chi connectivity index (χ2v) is 7.82. The zero-order valence-electron chi connectivity index (χ0n) is 17.2. The fraction of sp³-hybridized carbons (Fsp3) is 0.435. The van der Waals surface area contributed by atoms with E-state index in [9.17, 15) is 4.79 Å². The van der Waals surface area contributed by atoms with Crippen molar-refractivity contribution in [3.8, 4) is 11.5 Å². The van der Waals surface area contributed by atoms with Gasteiger partial charge in [0.05, 0.1) is 14.2 Å². The van der Waals surface area contributed by atoms with Gasteiger partial charge in [0.2, 0.25) is 0 Å². The molecule has 0 saturated heterocycles. The van der Waals surface area contributed by atoms with Crippen LogP contribution in [0.3, 0.4) is 0 Å². The smallest absolute Gasteiger partial charge is 0.166 e. The average molecular weight is 438 g/mol. The summed E-state index contributed by atoms with van der Waals surface area (Å²) >= 11 is 6.23. The van der Waals surface area contributed by atoms with Crippen LogP contribution in [0.25, 0.3) is 0 Å². The van der Waals surface area contributed by atoms with Gasteiger partial charge in [-0.2, -0.15) is 0 Å². The third kappa shape index (κ3) is 5.65. The van der Waals surface area contributed by atoms with E-state index in [1.807, 2.05) is 30.3 Å². The number of fused-ring (bicyclic) bond motifs is 1. The Balaban J connectivity index is 0.00000300. The molecular formula is C23H29Cl2NO3. The molecule has 1 atom stereocenters. The second kappa shape index (κ2) is 10.9. The highest BCUT2D eigenvalue weighted by Gasteiger charge is 2.31. The van der Waals surface area contributed by atoms with E-state index in [-0.39, 0.29) is 24.1 Å². The number of Topliss-reactive ketones (excluding diaryl/α,β-unsaturated/α-hetero) is 1. The van der Waals surface area contributed by atoms with Gasteiger partial charge in [0.1, 0.15) is 0 Å². The number of hydrogen-bond donors (Lipinski definition) is 0. The molecule has 0 aliphatic heterocycles. The maximum absolute atomic E-state index is 12.8. The first-order valence-corrected chi connectivity index (χ1v) is 10.1. The molecule has 0 amide bonds. The molecule has 0 radical (unpaired) electrons. The van der Waals surface area contributed by atoms with Crippen LogP contribution in [-0.4, -0.2) is 45.0 Å². The Labute approximate surface area is 184 Å². The van der Waals surface area contributed by atoms with E-state index in [0.29, 0.717) is 11.5 Å². The van der Waals surface area contributed by atoms with Crippen molar-refractivity contribution in [2.75, 3.05) is 34.4 Å². The molecular weight excluding hydrogens is 409 g/mol. The summed E-state index contributed by atoms with van der Waals surface area (Å²) in [7, 11) is 5.34. The summed E-state index contributed by atoms with van der Waals surface area (Å²) in [5.41, 5.74) is 3.04. The molecule has 4 nitrogen and oxygen atoms in total. The van der Waals surface area contributed by atoms with Crippen molar-refractivity contribution in [3.63, 3.8) is 0 Å². The highest BCUT2D eigenvalue weighted by Crippen LogP contribution is 2.37. The number of ketones is 1. The van der Waals surface area contributed by atoms with Crippen LogP contribution in [0.1, 0.15) is 34.3 Å². The van der Waals surface area contributed by atoms with Crippen LogP contribution < -0.4 is 9.47 Å². The molecule has 2 aromatic carbocycles. The third-order valence-corrected chi connectivity index (χ3v) is 5.89. The van der Waals surface area contributed by atoms with Gasteiger partial charge in [0.15, 0.2) is 17.3 Å². The molecule has 2 aromatic rings. The summed E-state index contributed by atoms with van der Waals surface area (Å²) in [5, 5.41) is 0.830.